The summed E-state index contributed by atoms with van der Waals surface area (Å²) in [4.78, 5) is 24.0. The fourth-order valence-corrected chi connectivity index (χ4v) is 3.66. The van der Waals surface area contributed by atoms with Crippen LogP contribution < -0.4 is 10.6 Å². The van der Waals surface area contributed by atoms with E-state index in [0.29, 0.717) is 5.92 Å². The fourth-order valence-electron chi connectivity index (χ4n) is 3.66. The molecule has 5 heteroatoms. The van der Waals surface area contributed by atoms with Gasteiger partial charge in [-0.1, -0.05) is 25.1 Å². The first-order valence-corrected chi connectivity index (χ1v) is 9.17. The van der Waals surface area contributed by atoms with E-state index >= 15 is 0 Å². The van der Waals surface area contributed by atoms with Gasteiger partial charge >= 0.3 is 0 Å². The van der Waals surface area contributed by atoms with E-state index in [1.807, 2.05) is 37.3 Å². The first kappa shape index (κ1) is 16.6. The minimum Gasteiger partial charge on any atom is -0.347 e. The maximum atomic E-state index is 12.2. The fraction of sp³-hybridized carbons (Fsp3) is 0.333. The van der Waals surface area contributed by atoms with Gasteiger partial charge in [0.15, 0.2) is 0 Å². The second-order valence-electron chi connectivity index (χ2n) is 7.08. The Morgan fingerprint density at radius 2 is 1.85 bits per heavy atom. The maximum Gasteiger partial charge on any atom is 0.243 e. The van der Waals surface area contributed by atoms with Crippen molar-refractivity contribution < 1.29 is 9.59 Å². The Labute approximate surface area is 152 Å². The third kappa shape index (κ3) is 2.94. The molecule has 0 saturated heterocycles. The SMILES string of the molecule is CCn1c2ccccc2c2cc(NC(=O)CNC(=O)C3CC3C)ccc21. The van der Waals surface area contributed by atoms with E-state index in [1.54, 1.807) is 0 Å². The minimum absolute atomic E-state index is 0.0107. The third-order valence-corrected chi connectivity index (χ3v) is 5.24. The highest BCUT2D eigenvalue weighted by Crippen LogP contribution is 2.37. The lowest BCUT2D eigenvalue weighted by Crippen LogP contribution is -2.34. The van der Waals surface area contributed by atoms with Crippen LogP contribution in [0.25, 0.3) is 21.8 Å². The monoisotopic (exact) mass is 349 g/mol. The van der Waals surface area contributed by atoms with Crippen molar-refractivity contribution in [1.82, 2.24) is 9.88 Å². The van der Waals surface area contributed by atoms with E-state index in [1.165, 1.54) is 10.9 Å². The molecule has 1 aromatic heterocycles. The lowest BCUT2D eigenvalue weighted by Gasteiger charge is -2.08. The number of aromatic nitrogens is 1. The summed E-state index contributed by atoms with van der Waals surface area (Å²) in [5, 5.41) is 7.91. The van der Waals surface area contributed by atoms with Crippen molar-refractivity contribution in [2.75, 3.05) is 11.9 Å². The topological polar surface area (TPSA) is 63.1 Å². The highest BCUT2D eigenvalue weighted by atomic mass is 16.2. The van der Waals surface area contributed by atoms with Crippen LogP contribution in [0.5, 0.6) is 0 Å². The summed E-state index contributed by atoms with van der Waals surface area (Å²) in [5.41, 5.74) is 3.09. The van der Waals surface area contributed by atoms with E-state index in [9.17, 15) is 9.59 Å². The number of carbonyl (C=O) groups excluding carboxylic acids is 2. The van der Waals surface area contributed by atoms with Crippen LogP contribution in [0.2, 0.25) is 0 Å². The van der Waals surface area contributed by atoms with Crippen molar-refractivity contribution in [2.24, 2.45) is 11.8 Å². The van der Waals surface area contributed by atoms with Gasteiger partial charge in [-0.05, 0) is 43.5 Å². The normalized spacial score (nSPS) is 18.8. The molecule has 0 radical (unpaired) electrons. The van der Waals surface area contributed by atoms with Crippen LogP contribution in [-0.2, 0) is 16.1 Å². The summed E-state index contributed by atoms with van der Waals surface area (Å²) in [6.45, 7) is 5.08. The van der Waals surface area contributed by atoms with Gasteiger partial charge in [0.05, 0.1) is 6.54 Å². The Morgan fingerprint density at radius 1 is 1.12 bits per heavy atom. The van der Waals surface area contributed by atoms with Crippen molar-refractivity contribution in [3.63, 3.8) is 0 Å². The smallest absolute Gasteiger partial charge is 0.243 e. The number of para-hydroxylation sites is 1. The van der Waals surface area contributed by atoms with Crippen LogP contribution in [0.1, 0.15) is 20.3 Å². The molecule has 134 valence electrons. The molecule has 0 aliphatic heterocycles. The minimum atomic E-state index is -0.203. The van der Waals surface area contributed by atoms with Crippen LogP contribution in [0.15, 0.2) is 42.5 Å². The van der Waals surface area contributed by atoms with E-state index in [0.717, 1.165) is 29.6 Å². The largest absolute Gasteiger partial charge is 0.347 e. The molecule has 2 aromatic carbocycles. The molecule has 3 aromatic rings. The molecule has 1 aliphatic rings. The summed E-state index contributed by atoms with van der Waals surface area (Å²) >= 11 is 0. The van der Waals surface area contributed by atoms with E-state index < -0.39 is 0 Å². The number of nitrogens with one attached hydrogen (secondary N) is 2. The molecule has 1 saturated carbocycles. The standard InChI is InChI=1S/C21H23N3O2/c1-3-24-18-7-5-4-6-15(18)17-11-14(8-9-19(17)24)23-20(25)12-22-21(26)16-10-13(16)2/h4-9,11,13,16H,3,10,12H2,1-2H3,(H,22,26)(H,23,25). The van der Waals surface area contributed by atoms with Crippen molar-refractivity contribution in [3.8, 4) is 0 Å². The van der Waals surface area contributed by atoms with E-state index in [4.69, 9.17) is 0 Å². The zero-order valence-electron chi connectivity index (χ0n) is 15.1. The van der Waals surface area contributed by atoms with Crippen LogP contribution in [-0.4, -0.2) is 22.9 Å². The molecule has 0 spiro atoms. The number of nitrogens with zero attached hydrogens (tertiary/aromatic N) is 1. The van der Waals surface area contributed by atoms with Crippen molar-refractivity contribution in [1.29, 1.82) is 0 Å². The molecule has 0 bridgehead atoms. The second kappa shape index (κ2) is 6.48. The molecule has 2 N–H and O–H groups in total. The van der Waals surface area contributed by atoms with Gasteiger partial charge in [-0.3, -0.25) is 9.59 Å². The number of anilines is 1. The highest BCUT2D eigenvalue weighted by molar-refractivity contribution is 6.10. The molecule has 1 fully saturated rings. The van der Waals surface area contributed by atoms with Gasteiger partial charge in [-0.2, -0.15) is 0 Å². The lowest BCUT2D eigenvalue weighted by molar-refractivity contribution is -0.125. The van der Waals surface area contributed by atoms with E-state index in [2.05, 4.69) is 34.3 Å². The van der Waals surface area contributed by atoms with Crippen LogP contribution >= 0.6 is 0 Å². The zero-order valence-corrected chi connectivity index (χ0v) is 15.1. The predicted molar refractivity (Wildman–Crippen MR) is 104 cm³/mol. The van der Waals surface area contributed by atoms with Gasteiger partial charge < -0.3 is 15.2 Å². The molecule has 5 nitrogen and oxygen atoms in total. The Balaban J connectivity index is 1.53. The quantitative estimate of drug-likeness (QED) is 0.740. The molecule has 1 heterocycles. The number of fused-ring (bicyclic) bond motifs is 3. The first-order chi connectivity index (χ1) is 12.6. The van der Waals surface area contributed by atoms with Crippen LogP contribution in [0.3, 0.4) is 0 Å². The summed E-state index contributed by atoms with van der Waals surface area (Å²) in [5.74, 6) is 0.301. The first-order valence-electron chi connectivity index (χ1n) is 9.17. The lowest BCUT2D eigenvalue weighted by atomic mass is 10.1. The molecular formula is C21H23N3O2. The highest BCUT2D eigenvalue weighted by Gasteiger charge is 2.38. The van der Waals surface area contributed by atoms with E-state index in [-0.39, 0.29) is 24.3 Å². The molecule has 2 amide bonds. The van der Waals surface area contributed by atoms with Crippen molar-refractivity contribution in [3.05, 3.63) is 42.5 Å². The Kier molecular flexibility index (Phi) is 4.15. The number of hydrogen-bond donors (Lipinski definition) is 2. The van der Waals surface area contributed by atoms with Gasteiger partial charge in [-0.25, -0.2) is 0 Å². The predicted octanol–water partition coefficient (Wildman–Crippen LogP) is 3.53. The van der Waals surface area contributed by atoms with Crippen molar-refractivity contribution in [2.45, 2.75) is 26.8 Å². The van der Waals surface area contributed by atoms with Gasteiger partial charge in [-0.15, -0.1) is 0 Å². The molecule has 2 unspecified atom stereocenters. The summed E-state index contributed by atoms with van der Waals surface area (Å²) < 4.78 is 2.27. The van der Waals surface area contributed by atoms with Gasteiger partial charge in [0.25, 0.3) is 0 Å². The molecule has 2 atom stereocenters. The summed E-state index contributed by atoms with van der Waals surface area (Å²) in [6.07, 6.45) is 0.922. The Bertz CT molecular complexity index is 1010. The second-order valence-corrected chi connectivity index (χ2v) is 7.08. The van der Waals surface area contributed by atoms with Gasteiger partial charge in [0.1, 0.15) is 0 Å². The summed E-state index contributed by atoms with van der Waals surface area (Å²) in [6, 6.07) is 14.3. The number of carbonyl (C=O) groups is 2. The summed E-state index contributed by atoms with van der Waals surface area (Å²) in [7, 11) is 0. The molecule has 1 aliphatic carbocycles. The number of hydrogen-bond acceptors (Lipinski definition) is 2. The zero-order chi connectivity index (χ0) is 18.3. The number of amides is 2. The third-order valence-electron chi connectivity index (χ3n) is 5.24. The van der Waals surface area contributed by atoms with Crippen molar-refractivity contribution >= 4 is 39.3 Å². The van der Waals surface area contributed by atoms with Gasteiger partial charge in [0, 0.05) is 40.0 Å². The maximum absolute atomic E-state index is 12.2. The number of aryl methyl sites for hydroxylation is 1. The molecule has 4 rings (SSSR count). The molecular weight excluding hydrogens is 326 g/mol. The number of rotatable bonds is 5. The van der Waals surface area contributed by atoms with Crippen LogP contribution in [0, 0.1) is 11.8 Å². The van der Waals surface area contributed by atoms with Gasteiger partial charge in [0.2, 0.25) is 11.8 Å². The van der Waals surface area contributed by atoms with Crippen LogP contribution in [0.4, 0.5) is 5.69 Å². The Hall–Kier alpha value is -2.82. The average molecular weight is 349 g/mol. The average Bonchev–Trinajstić information content (AvgIpc) is 3.30. The number of benzene rings is 2. The molecule has 26 heavy (non-hydrogen) atoms. The Morgan fingerprint density at radius 3 is 2.58 bits per heavy atom.